The summed E-state index contributed by atoms with van der Waals surface area (Å²) in [6.07, 6.45) is 2.33. The van der Waals surface area contributed by atoms with Crippen LogP contribution in [0.25, 0.3) is 0 Å². The number of sulfonamides is 1. The van der Waals surface area contributed by atoms with Crippen LogP contribution in [-0.4, -0.2) is 70.1 Å². The fourth-order valence-electron chi connectivity index (χ4n) is 3.19. The Hall–Kier alpha value is -0.990. The van der Waals surface area contributed by atoms with Gasteiger partial charge >= 0.3 is 0 Å². The molecule has 0 radical (unpaired) electrons. The van der Waals surface area contributed by atoms with Crippen LogP contribution in [0.15, 0.2) is 29.2 Å². The van der Waals surface area contributed by atoms with Crippen molar-refractivity contribution in [2.75, 3.05) is 46.4 Å². The minimum Gasteiger partial charge on any atom is -0.379 e. The van der Waals surface area contributed by atoms with Crippen molar-refractivity contribution in [3.05, 3.63) is 29.8 Å². The van der Waals surface area contributed by atoms with E-state index in [1.165, 1.54) is 17.1 Å². The molecule has 0 atom stereocenters. The monoisotopic (exact) mass is 353 g/mol. The summed E-state index contributed by atoms with van der Waals surface area (Å²) in [5.41, 5.74) is 1.12. The van der Waals surface area contributed by atoms with Gasteiger partial charge in [0.25, 0.3) is 0 Å². The maximum absolute atomic E-state index is 12.6. The van der Waals surface area contributed by atoms with E-state index in [-0.39, 0.29) is 0 Å². The lowest BCUT2D eigenvalue weighted by molar-refractivity contribution is 0.0730. The molecule has 7 heteroatoms. The molecule has 24 heavy (non-hydrogen) atoms. The SMILES string of the molecule is CN1CCC(NCc2ccc(S(=O)(=O)N3CCOCC3)cc2)CC1. The molecule has 0 bridgehead atoms. The Bertz CT molecular complexity index is 619. The quantitative estimate of drug-likeness (QED) is 0.852. The third-order valence-corrected chi connectivity index (χ3v) is 6.76. The number of likely N-dealkylation sites (tertiary alicyclic amines) is 1. The van der Waals surface area contributed by atoms with E-state index in [1.807, 2.05) is 12.1 Å². The van der Waals surface area contributed by atoms with Gasteiger partial charge in [-0.25, -0.2) is 8.42 Å². The summed E-state index contributed by atoms with van der Waals surface area (Å²) in [4.78, 5) is 2.72. The number of nitrogens with zero attached hydrogens (tertiary/aromatic N) is 2. The lowest BCUT2D eigenvalue weighted by Gasteiger charge is -2.29. The van der Waals surface area contributed by atoms with E-state index in [0.29, 0.717) is 37.2 Å². The first kappa shape index (κ1) is 17.8. The Morgan fingerprint density at radius 1 is 1.08 bits per heavy atom. The van der Waals surface area contributed by atoms with Crippen molar-refractivity contribution in [3.8, 4) is 0 Å². The van der Waals surface area contributed by atoms with Gasteiger partial charge in [0.15, 0.2) is 0 Å². The van der Waals surface area contributed by atoms with Crippen molar-refractivity contribution in [1.29, 1.82) is 0 Å². The molecule has 0 aliphatic carbocycles. The molecule has 2 fully saturated rings. The van der Waals surface area contributed by atoms with E-state index in [1.54, 1.807) is 12.1 Å². The van der Waals surface area contributed by atoms with Crippen LogP contribution in [0, 0.1) is 0 Å². The highest BCUT2D eigenvalue weighted by Crippen LogP contribution is 2.18. The summed E-state index contributed by atoms with van der Waals surface area (Å²) >= 11 is 0. The molecule has 2 saturated heterocycles. The molecule has 0 spiro atoms. The van der Waals surface area contributed by atoms with E-state index < -0.39 is 10.0 Å². The fraction of sp³-hybridized carbons (Fsp3) is 0.647. The Kier molecular flexibility index (Phi) is 5.89. The van der Waals surface area contributed by atoms with E-state index in [2.05, 4.69) is 17.3 Å². The summed E-state index contributed by atoms with van der Waals surface area (Å²) in [5, 5.41) is 3.58. The Labute approximate surface area is 144 Å². The zero-order valence-electron chi connectivity index (χ0n) is 14.3. The van der Waals surface area contributed by atoms with E-state index in [0.717, 1.165) is 25.2 Å². The van der Waals surface area contributed by atoms with E-state index in [9.17, 15) is 8.42 Å². The van der Waals surface area contributed by atoms with Crippen molar-refractivity contribution in [1.82, 2.24) is 14.5 Å². The number of nitrogens with one attached hydrogen (secondary N) is 1. The second-order valence-corrected chi connectivity index (χ2v) is 8.56. The van der Waals surface area contributed by atoms with Gasteiger partial charge in [0.2, 0.25) is 10.0 Å². The van der Waals surface area contributed by atoms with Crippen LogP contribution in [0.4, 0.5) is 0 Å². The molecule has 3 rings (SSSR count). The van der Waals surface area contributed by atoms with Crippen LogP contribution >= 0.6 is 0 Å². The van der Waals surface area contributed by atoms with Gasteiger partial charge < -0.3 is 15.0 Å². The molecule has 2 aliphatic heterocycles. The first-order chi connectivity index (χ1) is 11.6. The first-order valence-electron chi connectivity index (χ1n) is 8.64. The van der Waals surface area contributed by atoms with Gasteiger partial charge in [0.1, 0.15) is 0 Å². The van der Waals surface area contributed by atoms with Gasteiger partial charge in [-0.2, -0.15) is 4.31 Å². The maximum Gasteiger partial charge on any atom is 0.243 e. The Balaban J connectivity index is 1.56. The summed E-state index contributed by atoms with van der Waals surface area (Å²) in [6.45, 7) is 4.86. The predicted molar refractivity (Wildman–Crippen MR) is 93.4 cm³/mol. The molecule has 1 aromatic carbocycles. The average Bonchev–Trinajstić information content (AvgIpc) is 2.62. The zero-order valence-corrected chi connectivity index (χ0v) is 15.1. The number of hydrogen-bond donors (Lipinski definition) is 1. The summed E-state index contributed by atoms with van der Waals surface area (Å²) in [6, 6.07) is 7.82. The van der Waals surface area contributed by atoms with E-state index in [4.69, 9.17) is 4.74 Å². The van der Waals surface area contributed by atoms with Crippen molar-refractivity contribution in [3.63, 3.8) is 0 Å². The molecule has 1 aromatic rings. The number of hydrogen-bond acceptors (Lipinski definition) is 5. The first-order valence-corrected chi connectivity index (χ1v) is 10.1. The molecule has 0 unspecified atom stereocenters. The number of rotatable bonds is 5. The van der Waals surface area contributed by atoms with Crippen LogP contribution in [0.3, 0.4) is 0 Å². The minimum absolute atomic E-state index is 0.368. The van der Waals surface area contributed by atoms with Crippen LogP contribution in [-0.2, 0) is 21.3 Å². The number of benzene rings is 1. The average molecular weight is 353 g/mol. The molecular formula is C17H27N3O3S. The van der Waals surface area contributed by atoms with Gasteiger partial charge in [-0.05, 0) is 50.7 Å². The smallest absolute Gasteiger partial charge is 0.243 e. The highest BCUT2D eigenvalue weighted by atomic mass is 32.2. The normalized spacial score (nSPS) is 21.9. The zero-order chi connectivity index (χ0) is 17.0. The Morgan fingerprint density at radius 2 is 1.71 bits per heavy atom. The van der Waals surface area contributed by atoms with E-state index >= 15 is 0 Å². The van der Waals surface area contributed by atoms with Crippen molar-refractivity contribution in [2.45, 2.75) is 30.3 Å². The second-order valence-electron chi connectivity index (χ2n) is 6.62. The van der Waals surface area contributed by atoms with Gasteiger partial charge in [0.05, 0.1) is 18.1 Å². The lowest BCUT2D eigenvalue weighted by atomic mass is 10.1. The minimum atomic E-state index is -3.39. The molecule has 2 heterocycles. The van der Waals surface area contributed by atoms with Crippen molar-refractivity contribution >= 4 is 10.0 Å². The summed E-state index contributed by atoms with van der Waals surface area (Å²) < 4.78 is 31.9. The topological polar surface area (TPSA) is 61.9 Å². The highest BCUT2D eigenvalue weighted by Gasteiger charge is 2.26. The molecule has 6 nitrogen and oxygen atoms in total. The third kappa shape index (κ3) is 4.34. The number of morpholine rings is 1. The molecule has 2 aliphatic rings. The van der Waals surface area contributed by atoms with Crippen molar-refractivity contribution < 1.29 is 13.2 Å². The van der Waals surface area contributed by atoms with Crippen LogP contribution in [0.2, 0.25) is 0 Å². The lowest BCUT2D eigenvalue weighted by Crippen LogP contribution is -2.40. The molecule has 0 amide bonds. The second kappa shape index (κ2) is 7.93. The Morgan fingerprint density at radius 3 is 2.33 bits per heavy atom. The molecular weight excluding hydrogens is 326 g/mol. The van der Waals surface area contributed by atoms with Gasteiger partial charge in [-0.15, -0.1) is 0 Å². The van der Waals surface area contributed by atoms with Gasteiger partial charge in [-0.1, -0.05) is 12.1 Å². The fourth-order valence-corrected chi connectivity index (χ4v) is 4.60. The number of ether oxygens (including phenoxy) is 1. The van der Waals surface area contributed by atoms with Gasteiger partial charge in [0, 0.05) is 25.7 Å². The third-order valence-electron chi connectivity index (χ3n) is 4.84. The van der Waals surface area contributed by atoms with Crippen LogP contribution in [0.1, 0.15) is 18.4 Å². The summed E-state index contributed by atoms with van der Waals surface area (Å²) in [5.74, 6) is 0. The van der Waals surface area contributed by atoms with Crippen LogP contribution < -0.4 is 5.32 Å². The maximum atomic E-state index is 12.6. The molecule has 0 aromatic heterocycles. The largest absolute Gasteiger partial charge is 0.379 e. The molecule has 1 N–H and O–H groups in total. The predicted octanol–water partition coefficient (Wildman–Crippen LogP) is 0.891. The van der Waals surface area contributed by atoms with Crippen molar-refractivity contribution in [2.24, 2.45) is 0 Å². The summed E-state index contributed by atoms with van der Waals surface area (Å²) in [7, 11) is -1.24. The van der Waals surface area contributed by atoms with Crippen LogP contribution in [0.5, 0.6) is 0 Å². The molecule has 134 valence electrons. The van der Waals surface area contributed by atoms with Gasteiger partial charge in [-0.3, -0.25) is 0 Å². The number of piperidine rings is 1. The standard InChI is InChI=1S/C17H27N3O3S/c1-19-8-6-16(7-9-19)18-14-15-2-4-17(5-3-15)24(21,22)20-10-12-23-13-11-20/h2-5,16,18H,6-14H2,1H3. The molecule has 0 saturated carbocycles. The highest BCUT2D eigenvalue weighted by molar-refractivity contribution is 7.89.